The number of hydrogen-bond donors (Lipinski definition) is 0. The van der Waals surface area contributed by atoms with Crippen LogP contribution in [0, 0.1) is 10.1 Å². The van der Waals surface area contributed by atoms with Crippen molar-refractivity contribution < 1.29 is 40.8 Å². The zero-order valence-corrected chi connectivity index (χ0v) is 9.73. The van der Waals surface area contributed by atoms with E-state index in [1.54, 1.807) is 0 Å². The van der Waals surface area contributed by atoms with Gasteiger partial charge in [-0.2, -0.15) is 26.3 Å². The first kappa shape index (κ1) is 16.7. The van der Waals surface area contributed by atoms with Crippen LogP contribution in [-0.2, 0) is 0 Å². The number of benzene rings is 1. The number of nitro groups is 1. The summed E-state index contributed by atoms with van der Waals surface area (Å²) >= 11 is 0. The second kappa shape index (κ2) is 5.58. The summed E-state index contributed by atoms with van der Waals surface area (Å²) in [6.07, 6.45) is -15.9. The minimum absolute atomic E-state index is 0.0805. The van der Waals surface area contributed by atoms with Gasteiger partial charge in [-0.15, -0.1) is 0 Å². The van der Waals surface area contributed by atoms with Crippen molar-refractivity contribution in [3.05, 3.63) is 33.9 Å². The molecule has 1 rings (SSSR count). The van der Waals surface area contributed by atoms with Gasteiger partial charge in [0.25, 0.3) is 11.8 Å². The Labute approximate surface area is 112 Å². The lowest BCUT2D eigenvalue weighted by molar-refractivity contribution is -0.385. The van der Waals surface area contributed by atoms with Crippen molar-refractivity contribution in [1.29, 1.82) is 0 Å². The second-order valence-electron chi connectivity index (χ2n) is 3.68. The van der Waals surface area contributed by atoms with Gasteiger partial charge in [0.1, 0.15) is 5.75 Å². The minimum atomic E-state index is -5.80. The molecule has 0 unspecified atom stereocenters. The van der Waals surface area contributed by atoms with Crippen molar-refractivity contribution in [3.63, 3.8) is 0 Å². The molecule has 0 heterocycles. The van der Waals surface area contributed by atoms with Crippen LogP contribution >= 0.6 is 0 Å². The summed E-state index contributed by atoms with van der Waals surface area (Å²) in [4.78, 5) is 20.0. The smallest absolute Gasteiger partial charge is 0.434 e. The molecule has 116 valence electrons. The van der Waals surface area contributed by atoms with Gasteiger partial charge in [0.15, 0.2) is 6.29 Å². The Morgan fingerprint density at radius 2 is 1.67 bits per heavy atom. The Morgan fingerprint density at radius 1 is 1.14 bits per heavy atom. The highest BCUT2D eigenvalue weighted by molar-refractivity contribution is 5.80. The third-order valence-electron chi connectivity index (χ3n) is 2.17. The maximum atomic E-state index is 12.3. The molecule has 0 N–H and O–H groups in total. The third-order valence-corrected chi connectivity index (χ3v) is 2.17. The molecule has 0 saturated heterocycles. The molecule has 0 aliphatic rings. The molecule has 21 heavy (non-hydrogen) atoms. The first-order valence-electron chi connectivity index (χ1n) is 5.00. The molecule has 0 aliphatic carbocycles. The fourth-order valence-corrected chi connectivity index (χ4v) is 1.28. The number of rotatable bonds is 4. The van der Waals surface area contributed by atoms with Crippen LogP contribution in [0.4, 0.5) is 32.0 Å². The summed E-state index contributed by atoms with van der Waals surface area (Å²) in [7, 11) is 0. The molecule has 0 aromatic heterocycles. The Bertz CT molecular complexity index is 539. The Hall–Kier alpha value is -2.33. The first-order chi connectivity index (χ1) is 9.46. The summed E-state index contributed by atoms with van der Waals surface area (Å²) < 4.78 is 77.7. The van der Waals surface area contributed by atoms with E-state index in [4.69, 9.17) is 0 Å². The lowest BCUT2D eigenvalue weighted by atomic mass is 10.2. The number of alkyl halides is 6. The summed E-state index contributed by atoms with van der Waals surface area (Å²) in [6.45, 7) is 0. The molecule has 0 amide bonds. The van der Waals surface area contributed by atoms with Gasteiger partial charge in [0, 0.05) is 6.07 Å². The van der Waals surface area contributed by atoms with Gasteiger partial charge >= 0.3 is 12.4 Å². The molecule has 0 bridgehead atoms. The van der Waals surface area contributed by atoms with Gasteiger partial charge in [-0.25, -0.2) is 0 Å². The molecule has 0 saturated carbocycles. The third kappa shape index (κ3) is 4.07. The van der Waals surface area contributed by atoms with Crippen LogP contribution in [0.1, 0.15) is 10.4 Å². The predicted molar refractivity (Wildman–Crippen MR) is 55.0 cm³/mol. The molecule has 0 spiro atoms. The van der Waals surface area contributed by atoms with E-state index in [9.17, 15) is 41.3 Å². The number of nitrogens with zero attached hydrogens (tertiary/aromatic N) is 1. The van der Waals surface area contributed by atoms with E-state index in [1.807, 2.05) is 0 Å². The molecule has 0 atom stereocenters. The van der Waals surface area contributed by atoms with Crippen molar-refractivity contribution >= 4 is 12.0 Å². The van der Waals surface area contributed by atoms with E-state index in [0.717, 1.165) is 6.07 Å². The average Bonchev–Trinajstić information content (AvgIpc) is 2.32. The average molecular weight is 317 g/mol. The van der Waals surface area contributed by atoms with Gasteiger partial charge in [-0.05, 0) is 6.07 Å². The van der Waals surface area contributed by atoms with Gasteiger partial charge in [0.05, 0.1) is 16.6 Å². The molecular weight excluding hydrogens is 312 g/mol. The van der Waals surface area contributed by atoms with Crippen LogP contribution < -0.4 is 4.74 Å². The van der Waals surface area contributed by atoms with Crippen molar-refractivity contribution in [2.24, 2.45) is 0 Å². The van der Waals surface area contributed by atoms with Gasteiger partial charge in [-0.1, -0.05) is 0 Å². The highest BCUT2D eigenvalue weighted by Gasteiger charge is 2.59. The Morgan fingerprint density at radius 3 is 2.05 bits per heavy atom. The zero-order chi connectivity index (χ0) is 16.4. The normalized spacial score (nSPS) is 12.3. The maximum absolute atomic E-state index is 12.3. The molecule has 0 radical (unpaired) electrons. The molecule has 1 aromatic rings. The molecule has 1 aromatic carbocycles. The number of ether oxygens (including phenoxy) is 1. The lowest BCUT2D eigenvalue weighted by Gasteiger charge is -2.24. The monoisotopic (exact) mass is 317 g/mol. The van der Waals surface area contributed by atoms with Crippen LogP contribution in [0.5, 0.6) is 5.75 Å². The zero-order valence-electron chi connectivity index (χ0n) is 9.73. The second-order valence-corrected chi connectivity index (χ2v) is 3.68. The SMILES string of the molecule is O=Cc1ccc([N+](=O)[O-])cc1OC(C(F)(F)F)C(F)(F)F. The summed E-state index contributed by atoms with van der Waals surface area (Å²) in [5, 5.41) is 10.4. The highest BCUT2D eigenvalue weighted by atomic mass is 19.4. The van der Waals surface area contributed by atoms with E-state index in [1.165, 1.54) is 0 Å². The van der Waals surface area contributed by atoms with E-state index < -0.39 is 40.4 Å². The van der Waals surface area contributed by atoms with Gasteiger partial charge in [-0.3, -0.25) is 14.9 Å². The number of nitro benzene ring substituents is 1. The summed E-state index contributed by atoms with van der Waals surface area (Å²) in [5.74, 6) is -1.18. The van der Waals surface area contributed by atoms with Crippen LogP contribution in [0.15, 0.2) is 18.2 Å². The lowest BCUT2D eigenvalue weighted by Crippen LogP contribution is -2.46. The van der Waals surface area contributed by atoms with E-state index >= 15 is 0 Å². The Balaban J connectivity index is 3.28. The maximum Gasteiger partial charge on any atom is 0.434 e. The number of carbonyl (C=O) groups excluding carboxylic acids is 1. The van der Waals surface area contributed by atoms with Gasteiger partial charge in [0.2, 0.25) is 0 Å². The van der Waals surface area contributed by atoms with E-state index in [0.29, 0.717) is 12.1 Å². The standard InChI is InChI=1S/C10H5F6NO4/c11-9(12,13)8(10(14,15)16)21-7-3-6(17(19)20)2-1-5(7)4-18/h1-4,8H. The number of non-ortho nitro benzene ring substituents is 1. The highest BCUT2D eigenvalue weighted by Crippen LogP contribution is 2.37. The van der Waals surface area contributed by atoms with E-state index in [2.05, 4.69) is 4.74 Å². The van der Waals surface area contributed by atoms with Crippen LogP contribution in [0.2, 0.25) is 0 Å². The Kier molecular flexibility index (Phi) is 4.44. The summed E-state index contributed by atoms with van der Waals surface area (Å²) in [5.41, 5.74) is -1.50. The molecule has 5 nitrogen and oxygen atoms in total. The van der Waals surface area contributed by atoms with Crippen molar-refractivity contribution in [2.75, 3.05) is 0 Å². The molecule has 0 fully saturated rings. The minimum Gasteiger partial charge on any atom is -0.470 e. The predicted octanol–water partition coefficient (Wildman–Crippen LogP) is 3.28. The summed E-state index contributed by atoms with van der Waals surface area (Å²) in [6, 6.07) is 1.74. The van der Waals surface area contributed by atoms with Gasteiger partial charge < -0.3 is 4.74 Å². The van der Waals surface area contributed by atoms with Crippen molar-refractivity contribution in [1.82, 2.24) is 0 Å². The van der Waals surface area contributed by atoms with Crippen LogP contribution in [-0.4, -0.2) is 29.7 Å². The molecular formula is C10H5F6NO4. The molecule has 11 heteroatoms. The largest absolute Gasteiger partial charge is 0.470 e. The van der Waals surface area contributed by atoms with Crippen LogP contribution in [0.25, 0.3) is 0 Å². The number of aldehydes is 1. The van der Waals surface area contributed by atoms with Crippen molar-refractivity contribution in [2.45, 2.75) is 18.5 Å². The fraction of sp³-hybridized carbons (Fsp3) is 0.300. The van der Waals surface area contributed by atoms with Crippen molar-refractivity contribution in [3.8, 4) is 5.75 Å². The fourth-order valence-electron chi connectivity index (χ4n) is 1.28. The topological polar surface area (TPSA) is 69.4 Å². The van der Waals surface area contributed by atoms with E-state index in [-0.39, 0.29) is 6.29 Å². The number of carbonyl (C=O) groups is 1. The molecule has 0 aliphatic heterocycles. The number of halogens is 6. The first-order valence-corrected chi connectivity index (χ1v) is 5.00. The van der Waals surface area contributed by atoms with Crippen LogP contribution in [0.3, 0.4) is 0 Å². The quantitative estimate of drug-likeness (QED) is 0.370. The number of hydrogen-bond acceptors (Lipinski definition) is 4.